The van der Waals surface area contributed by atoms with Crippen LogP contribution in [-0.4, -0.2) is 58.9 Å². The summed E-state index contributed by atoms with van der Waals surface area (Å²) in [5.41, 5.74) is 0.421. The monoisotopic (exact) mass is 467 g/mol. The zero-order valence-electron chi connectivity index (χ0n) is 19.0. The number of aromatic amines is 1. The molecule has 0 unspecified atom stereocenters. The summed E-state index contributed by atoms with van der Waals surface area (Å²) in [5, 5.41) is 13.5. The number of hydrogen-bond acceptors (Lipinski definition) is 4. The molecule has 1 amide bonds. The van der Waals surface area contributed by atoms with Crippen LogP contribution in [0.5, 0.6) is 5.75 Å². The summed E-state index contributed by atoms with van der Waals surface area (Å²) >= 11 is 0. The number of alkyl halides is 3. The van der Waals surface area contributed by atoms with Crippen LogP contribution in [0.15, 0.2) is 24.4 Å². The number of aliphatic hydroxyl groups is 1. The molecule has 0 radical (unpaired) electrons. The van der Waals surface area contributed by atoms with E-state index in [0.717, 1.165) is 30.2 Å². The number of nitrogens with zero attached hydrogens (tertiary/aromatic N) is 1. The minimum atomic E-state index is -4.12. The molecule has 2 fully saturated rings. The Hall–Kier alpha value is -2.26. The van der Waals surface area contributed by atoms with Crippen molar-refractivity contribution in [2.75, 3.05) is 31.6 Å². The molecule has 1 aliphatic heterocycles. The maximum atomic E-state index is 12.6. The lowest BCUT2D eigenvalue weighted by Gasteiger charge is -2.20. The molecule has 3 N–H and O–H groups in total. The van der Waals surface area contributed by atoms with Crippen molar-refractivity contribution in [1.29, 1.82) is 0 Å². The highest BCUT2D eigenvalue weighted by molar-refractivity contribution is 6.02. The number of benzene rings is 1. The average Bonchev–Trinajstić information content (AvgIpc) is 3.32. The zero-order chi connectivity index (χ0) is 23.8. The first-order valence-corrected chi connectivity index (χ1v) is 11.5. The lowest BCUT2D eigenvalue weighted by atomic mass is 10.0. The highest BCUT2D eigenvalue weighted by atomic mass is 19.4. The number of anilines is 1. The summed E-state index contributed by atoms with van der Waals surface area (Å²) in [6.07, 6.45) is 0.410. The fourth-order valence-electron chi connectivity index (χ4n) is 5.36. The molecular weight excluding hydrogens is 435 g/mol. The quantitative estimate of drug-likeness (QED) is 0.532. The van der Waals surface area contributed by atoms with Crippen molar-refractivity contribution in [3.8, 4) is 5.75 Å². The van der Waals surface area contributed by atoms with Crippen LogP contribution < -0.4 is 10.1 Å². The Morgan fingerprint density at radius 2 is 1.94 bits per heavy atom. The van der Waals surface area contributed by atoms with Crippen molar-refractivity contribution in [2.45, 2.75) is 51.3 Å². The van der Waals surface area contributed by atoms with Crippen molar-refractivity contribution in [3.05, 3.63) is 24.4 Å². The fraction of sp³-hybridized carbons (Fsp3) is 0.625. The Bertz CT molecular complexity index is 969. The molecular formula is C24H32F3N3O3. The molecule has 1 aliphatic carbocycles. The summed E-state index contributed by atoms with van der Waals surface area (Å²) in [6.45, 7) is 4.03. The second-order valence-electron chi connectivity index (χ2n) is 10.3. The van der Waals surface area contributed by atoms with Crippen molar-refractivity contribution < 1.29 is 27.8 Å². The predicted molar refractivity (Wildman–Crippen MR) is 120 cm³/mol. The molecule has 0 bridgehead atoms. The Labute approximate surface area is 191 Å². The number of rotatable bonds is 8. The molecule has 2 heterocycles. The van der Waals surface area contributed by atoms with Crippen molar-refractivity contribution >= 4 is 22.5 Å². The van der Waals surface area contributed by atoms with Gasteiger partial charge >= 0.3 is 6.18 Å². The van der Waals surface area contributed by atoms with Crippen LogP contribution in [0.1, 0.15) is 39.5 Å². The van der Waals surface area contributed by atoms with Gasteiger partial charge in [-0.2, -0.15) is 13.2 Å². The van der Waals surface area contributed by atoms with Gasteiger partial charge in [-0.1, -0.05) is 0 Å². The molecule has 2 aliphatic rings. The van der Waals surface area contributed by atoms with E-state index in [1.807, 2.05) is 18.2 Å². The predicted octanol–water partition coefficient (Wildman–Crippen LogP) is 4.56. The highest BCUT2D eigenvalue weighted by Crippen LogP contribution is 2.43. The standard InChI is InChI=1S/C24H32F3N3O3/c1-23(2,32)10-22(31)29-21-11-28-20-4-3-18(9-19(20)21)33-6-5-15-7-16-12-30(13-17(16)8-15)14-24(25,26)27/h3-4,9,11,15-17,28,32H,5-8,10,12-14H2,1-2H3,(H,29,31)/t15-,16-,17+. The van der Waals surface area contributed by atoms with E-state index in [9.17, 15) is 23.1 Å². The number of halogens is 3. The maximum Gasteiger partial charge on any atom is 0.401 e. The van der Waals surface area contributed by atoms with Crippen LogP contribution in [0.2, 0.25) is 0 Å². The van der Waals surface area contributed by atoms with E-state index in [2.05, 4.69) is 10.3 Å². The molecule has 3 atom stereocenters. The lowest BCUT2D eigenvalue weighted by molar-refractivity contribution is -0.144. The van der Waals surface area contributed by atoms with Crippen LogP contribution in [0.25, 0.3) is 10.9 Å². The van der Waals surface area contributed by atoms with E-state index >= 15 is 0 Å². The van der Waals surface area contributed by atoms with E-state index in [0.29, 0.717) is 48.9 Å². The molecule has 2 aromatic rings. The number of fused-ring (bicyclic) bond motifs is 2. The van der Waals surface area contributed by atoms with Gasteiger partial charge in [0, 0.05) is 30.2 Å². The molecule has 9 heteroatoms. The summed E-state index contributed by atoms with van der Waals surface area (Å²) in [4.78, 5) is 16.8. The third kappa shape index (κ3) is 6.41. The Balaban J connectivity index is 1.26. The summed E-state index contributed by atoms with van der Waals surface area (Å²) in [7, 11) is 0. The number of nitrogens with one attached hydrogen (secondary N) is 2. The molecule has 0 spiro atoms. The van der Waals surface area contributed by atoms with E-state index in [1.54, 1.807) is 24.9 Å². The van der Waals surface area contributed by atoms with Gasteiger partial charge in [0.2, 0.25) is 5.91 Å². The highest BCUT2D eigenvalue weighted by Gasteiger charge is 2.43. The maximum absolute atomic E-state index is 12.6. The van der Waals surface area contributed by atoms with Crippen LogP contribution in [0.4, 0.5) is 18.9 Å². The second kappa shape index (κ2) is 9.18. The topological polar surface area (TPSA) is 77.6 Å². The van der Waals surface area contributed by atoms with E-state index in [4.69, 9.17) is 4.74 Å². The molecule has 6 nitrogen and oxygen atoms in total. The minimum absolute atomic E-state index is 0.00674. The van der Waals surface area contributed by atoms with Gasteiger partial charge < -0.3 is 20.1 Å². The van der Waals surface area contributed by atoms with Gasteiger partial charge in [0.05, 0.1) is 30.9 Å². The van der Waals surface area contributed by atoms with Gasteiger partial charge in [-0.15, -0.1) is 0 Å². The SMILES string of the molecule is CC(C)(O)CC(=O)Nc1c[nH]c2ccc(OCC[C@@H]3C[C@@H]4CN(CC(F)(F)F)C[C@@H]4C3)cc12. The molecule has 33 heavy (non-hydrogen) atoms. The van der Waals surface area contributed by atoms with Gasteiger partial charge in [0.15, 0.2) is 0 Å². The van der Waals surface area contributed by atoms with Gasteiger partial charge in [0.25, 0.3) is 0 Å². The molecule has 1 aromatic carbocycles. The van der Waals surface area contributed by atoms with Gasteiger partial charge in [-0.3, -0.25) is 9.69 Å². The van der Waals surface area contributed by atoms with Crippen molar-refractivity contribution in [2.24, 2.45) is 17.8 Å². The smallest absolute Gasteiger partial charge is 0.401 e. The first kappa shape index (κ1) is 23.9. The first-order chi connectivity index (χ1) is 15.4. The number of aromatic nitrogens is 1. The third-order valence-electron chi connectivity index (χ3n) is 6.64. The summed E-state index contributed by atoms with van der Waals surface area (Å²) < 4.78 is 43.8. The number of amides is 1. The molecule has 1 saturated heterocycles. The van der Waals surface area contributed by atoms with Gasteiger partial charge in [-0.25, -0.2) is 0 Å². The van der Waals surface area contributed by atoms with Crippen molar-refractivity contribution in [3.63, 3.8) is 0 Å². The van der Waals surface area contributed by atoms with Crippen LogP contribution in [-0.2, 0) is 4.79 Å². The molecule has 1 aromatic heterocycles. The van der Waals surface area contributed by atoms with Crippen LogP contribution >= 0.6 is 0 Å². The zero-order valence-corrected chi connectivity index (χ0v) is 19.0. The summed E-state index contributed by atoms with van der Waals surface area (Å²) in [6, 6.07) is 5.65. The van der Waals surface area contributed by atoms with Crippen LogP contribution in [0.3, 0.4) is 0 Å². The van der Waals surface area contributed by atoms with Gasteiger partial charge in [0.1, 0.15) is 5.75 Å². The van der Waals surface area contributed by atoms with E-state index < -0.39 is 18.3 Å². The molecule has 4 rings (SSSR count). The van der Waals surface area contributed by atoms with Gasteiger partial charge in [-0.05, 0) is 69.1 Å². The minimum Gasteiger partial charge on any atom is -0.494 e. The molecule has 182 valence electrons. The number of likely N-dealkylation sites (tertiary alicyclic amines) is 1. The van der Waals surface area contributed by atoms with E-state index in [-0.39, 0.29) is 12.3 Å². The van der Waals surface area contributed by atoms with Crippen molar-refractivity contribution in [1.82, 2.24) is 9.88 Å². The number of hydrogen-bond donors (Lipinski definition) is 3. The largest absolute Gasteiger partial charge is 0.494 e. The number of H-pyrrole nitrogens is 1. The fourth-order valence-corrected chi connectivity index (χ4v) is 5.36. The Kier molecular flexibility index (Phi) is 6.64. The normalized spacial score (nSPS) is 23.8. The van der Waals surface area contributed by atoms with E-state index in [1.165, 1.54) is 0 Å². The number of carbonyl (C=O) groups excluding carboxylic acids is 1. The Morgan fingerprint density at radius 1 is 1.24 bits per heavy atom. The first-order valence-electron chi connectivity index (χ1n) is 11.5. The number of ether oxygens (including phenoxy) is 1. The third-order valence-corrected chi connectivity index (χ3v) is 6.64. The molecule has 1 saturated carbocycles. The Morgan fingerprint density at radius 3 is 2.58 bits per heavy atom. The number of carbonyl (C=O) groups is 1. The average molecular weight is 468 g/mol. The van der Waals surface area contributed by atoms with Crippen LogP contribution in [0, 0.1) is 17.8 Å². The summed E-state index contributed by atoms with van der Waals surface area (Å²) in [5.74, 6) is 1.65. The lowest BCUT2D eigenvalue weighted by Crippen LogP contribution is -2.33. The second-order valence-corrected chi connectivity index (χ2v) is 10.3.